The zero-order valence-corrected chi connectivity index (χ0v) is 29.0. The predicted octanol–water partition coefficient (Wildman–Crippen LogP) is 6.72. The van der Waals surface area contributed by atoms with Crippen molar-refractivity contribution < 1.29 is 28.1 Å². The maximum absolute atomic E-state index is 13.8. The Bertz CT molecular complexity index is 1510. The number of rotatable bonds is 14. The van der Waals surface area contributed by atoms with Crippen LogP contribution in [-0.2, 0) is 43.4 Å². The molecule has 1 aliphatic rings. The van der Waals surface area contributed by atoms with E-state index in [1.54, 1.807) is 29.7 Å². The molecule has 1 atom stereocenters. The Kier molecular flexibility index (Phi) is 13.0. The summed E-state index contributed by atoms with van der Waals surface area (Å²) in [6.45, 7) is 21.7. The Labute approximate surface area is 279 Å². The number of halogens is 1. The second-order valence-electron chi connectivity index (χ2n) is 12.6. The van der Waals surface area contributed by atoms with Crippen LogP contribution in [0.3, 0.4) is 0 Å². The average molecular weight is 657 g/mol. The van der Waals surface area contributed by atoms with Crippen LogP contribution in [0.4, 0.5) is 10.2 Å². The number of allylic oxidation sites excluding steroid dienone is 1. The van der Waals surface area contributed by atoms with Crippen molar-refractivity contribution in [1.29, 1.82) is 0 Å². The van der Waals surface area contributed by atoms with Gasteiger partial charge in [-0.1, -0.05) is 18.2 Å². The summed E-state index contributed by atoms with van der Waals surface area (Å²) in [5.74, 6) is -0.0226. The number of fused-ring (bicyclic) bond motifs is 1. The minimum absolute atomic E-state index is 0. The highest BCUT2D eigenvalue weighted by atomic mass is 32.1. The molecule has 0 N–H and O–H groups in total. The van der Waals surface area contributed by atoms with Gasteiger partial charge in [-0.3, -0.25) is 0 Å². The monoisotopic (exact) mass is 656 g/mol. The summed E-state index contributed by atoms with van der Waals surface area (Å²) in [7, 11) is 0. The second-order valence-corrected chi connectivity index (χ2v) is 12.6. The molecule has 1 aliphatic heterocycles. The number of piperidine rings is 1. The van der Waals surface area contributed by atoms with Crippen molar-refractivity contribution in [3.63, 3.8) is 0 Å². The lowest BCUT2D eigenvalue weighted by atomic mass is 9.92. The molecule has 0 radical (unpaired) electrons. The Balaban J connectivity index is 0.00000576. The number of hydrogen-bond acceptors (Lipinski definition) is 8. The van der Waals surface area contributed by atoms with Crippen molar-refractivity contribution in [3.8, 4) is 0 Å². The molecule has 0 bridgehead atoms. The molecular weight excluding hydrogens is 607 g/mol. The van der Waals surface area contributed by atoms with Crippen molar-refractivity contribution in [1.82, 2.24) is 14.6 Å². The first-order valence-corrected chi connectivity index (χ1v) is 15.6. The maximum atomic E-state index is 13.8. The molecule has 2 aromatic heterocycles. The number of aryl methyl sites for hydroxylation is 1. The molecule has 0 amide bonds. The van der Waals surface area contributed by atoms with E-state index in [1.807, 2.05) is 33.8 Å². The number of aromatic nitrogens is 3. The van der Waals surface area contributed by atoms with Crippen LogP contribution in [0.15, 0.2) is 49.6 Å². The molecule has 252 valence electrons. The Morgan fingerprint density at radius 3 is 2.48 bits per heavy atom. The third kappa shape index (κ3) is 9.18. The normalized spacial score (nSPS) is 15.3. The Morgan fingerprint density at radius 1 is 1.13 bits per heavy atom. The molecule has 4 rings (SSSR count). The van der Waals surface area contributed by atoms with E-state index in [9.17, 15) is 9.18 Å². The zero-order chi connectivity index (χ0) is 32.8. The highest BCUT2D eigenvalue weighted by Gasteiger charge is 2.38. The molecule has 1 aromatic carbocycles. The van der Waals surface area contributed by atoms with Gasteiger partial charge in [-0.25, -0.2) is 14.2 Å². The van der Waals surface area contributed by atoms with E-state index in [0.29, 0.717) is 55.3 Å². The number of ether oxygens (including phenoxy) is 4. The van der Waals surface area contributed by atoms with Gasteiger partial charge in [0, 0.05) is 24.8 Å². The lowest BCUT2D eigenvalue weighted by Gasteiger charge is -2.41. The molecule has 1 fully saturated rings. The van der Waals surface area contributed by atoms with E-state index < -0.39 is 17.7 Å². The standard InChI is InChI=1S/C35H47FN4O5.H2S/c1-9-12-25-20-27(36)14-13-26(25)22-42-23-28-21-29-37-24(4)30(31(33(41)43-11-3)45-34(5,6)7)32(40(29)38-28)39-17-15-35(8,16-18-39)44-19-10-2;/h9-10,13-14,20-21,31H,1-2,11-12,15-19,22-23H2,3-8H3;1H2/t31-;/m0./s1. The van der Waals surface area contributed by atoms with Crippen molar-refractivity contribution >= 4 is 30.9 Å². The van der Waals surface area contributed by atoms with Crippen molar-refractivity contribution in [2.75, 3.05) is 31.2 Å². The first-order chi connectivity index (χ1) is 21.4. The first kappa shape index (κ1) is 37.2. The topological polar surface area (TPSA) is 87.4 Å². The van der Waals surface area contributed by atoms with Gasteiger partial charge < -0.3 is 23.8 Å². The maximum Gasteiger partial charge on any atom is 0.340 e. The third-order valence-corrected chi connectivity index (χ3v) is 7.80. The largest absolute Gasteiger partial charge is 0.464 e. The predicted molar refractivity (Wildman–Crippen MR) is 183 cm³/mol. The summed E-state index contributed by atoms with van der Waals surface area (Å²) >= 11 is 0. The molecule has 0 saturated carbocycles. The molecule has 9 nitrogen and oxygen atoms in total. The second kappa shape index (κ2) is 16.0. The molecule has 3 aromatic rings. The van der Waals surface area contributed by atoms with Gasteiger partial charge >= 0.3 is 5.97 Å². The smallest absolute Gasteiger partial charge is 0.340 e. The molecular formula is C35H49FN4O5S. The number of hydrogen-bond donors (Lipinski definition) is 0. The van der Waals surface area contributed by atoms with Gasteiger partial charge in [-0.15, -0.1) is 13.2 Å². The van der Waals surface area contributed by atoms with E-state index in [0.717, 1.165) is 29.8 Å². The summed E-state index contributed by atoms with van der Waals surface area (Å²) in [5, 5.41) is 4.92. The van der Waals surface area contributed by atoms with Crippen LogP contribution >= 0.6 is 13.5 Å². The van der Waals surface area contributed by atoms with Crippen molar-refractivity contribution in [2.24, 2.45) is 0 Å². The van der Waals surface area contributed by atoms with Crippen LogP contribution in [-0.4, -0.2) is 58.1 Å². The van der Waals surface area contributed by atoms with Crippen molar-refractivity contribution in [3.05, 3.63) is 83.5 Å². The van der Waals surface area contributed by atoms with E-state index in [1.165, 1.54) is 12.1 Å². The number of nitrogens with zero attached hydrogens (tertiary/aromatic N) is 4. The molecule has 1 saturated heterocycles. The fourth-order valence-electron chi connectivity index (χ4n) is 5.58. The summed E-state index contributed by atoms with van der Waals surface area (Å²) in [5.41, 5.74) is 3.39. The lowest BCUT2D eigenvalue weighted by Crippen LogP contribution is -2.45. The van der Waals surface area contributed by atoms with Crippen LogP contribution in [0.5, 0.6) is 0 Å². The van der Waals surface area contributed by atoms with Crippen LogP contribution in [0.25, 0.3) is 5.65 Å². The van der Waals surface area contributed by atoms with Crippen molar-refractivity contribution in [2.45, 2.75) is 91.3 Å². The fraction of sp³-hybridized carbons (Fsp3) is 0.514. The Morgan fingerprint density at radius 2 is 1.85 bits per heavy atom. The van der Waals surface area contributed by atoms with Crippen LogP contribution in [0.2, 0.25) is 0 Å². The zero-order valence-electron chi connectivity index (χ0n) is 28.0. The summed E-state index contributed by atoms with van der Waals surface area (Å²) in [6.07, 6.45) is 4.60. The van der Waals surface area contributed by atoms with Gasteiger partial charge in [0.05, 0.1) is 48.9 Å². The first-order valence-electron chi connectivity index (χ1n) is 15.6. The molecule has 0 spiro atoms. The van der Waals surface area contributed by atoms with Gasteiger partial charge in [0.2, 0.25) is 0 Å². The summed E-state index contributed by atoms with van der Waals surface area (Å²) < 4.78 is 39.7. The SMILES string of the molecule is C=CCOC1(C)CCN(c2c([C@H](OC(C)(C)C)C(=O)OCC)c(C)nc3cc(COCc4ccc(F)cc4CC=C)nn23)CC1.S. The third-order valence-electron chi connectivity index (χ3n) is 7.80. The van der Waals surface area contributed by atoms with Crippen LogP contribution < -0.4 is 4.90 Å². The number of benzene rings is 1. The van der Waals surface area contributed by atoms with Gasteiger partial charge in [-0.05, 0) is 84.1 Å². The highest BCUT2D eigenvalue weighted by molar-refractivity contribution is 7.59. The number of esters is 1. The lowest BCUT2D eigenvalue weighted by molar-refractivity contribution is -0.166. The van der Waals surface area contributed by atoms with Crippen LogP contribution in [0.1, 0.15) is 81.6 Å². The highest BCUT2D eigenvalue weighted by Crippen LogP contribution is 2.38. The van der Waals surface area contributed by atoms with Gasteiger partial charge in [0.15, 0.2) is 11.8 Å². The number of anilines is 1. The average Bonchev–Trinajstić information content (AvgIpc) is 3.38. The fourth-order valence-corrected chi connectivity index (χ4v) is 5.58. The van der Waals surface area contributed by atoms with Gasteiger partial charge in [0.25, 0.3) is 0 Å². The molecule has 0 unspecified atom stereocenters. The van der Waals surface area contributed by atoms with E-state index in [2.05, 4.69) is 25.0 Å². The van der Waals surface area contributed by atoms with E-state index in [4.69, 9.17) is 29.0 Å². The molecule has 0 aliphatic carbocycles. The van der Waals surface area contributed by atoms with Gasteiger partial charge in [0.1, 0.15) is 11.6 Å². The summed E-state index contributed by atoms with van der Waals surface area (Å²) in [4.78, 5) is 20.5. The number of carbonyl (C=O) groups is 1. The van der Waals surface area contributed by atoms with E-state index >= 15 is 0 Å². The molecule has 11 heteroatoms. The quantitative estimate of drug-likeness (QED) is 0.140. The molecule has 46 heavy (non-hydrogen) atoms. The van der Waals surface area contributed by atoms with Crippen LogP contribution in [0, 0.1) is 12.7 Å². The molecule has 3 heterocycles. The summed E-state index contributed by atoms with van der Waals surface area (Å²) in [6, 6.07) is 6.57. The Hall–Kier alpha value is -3.25. The minimum atomic E-state index is -1.01. The van der Waals surface area contributed by atoms with Gasteiger partial charge in [-0.2, -0.15) is 23.1 Å². The van der Waals surface area contributed by atoms with E-state index in [-0.39, 0.29) is 38.1 Å². The number of carbonyl (C=O) groups excluding carboxylic acids is 1. The minimum Gasteiger partial charge on any atom is -0.464 e.